The number of carboxylic acids is 1. The van der Waals surface area contributed by atoms with E-state index in [2.05, 4.69) is 33.2 Å². The fraction of sp³-hybridized carbons (Fsp3) is 0.385. The molecule has 3 N–H and O–H groups in total. The summed E-state index contributed by atoms with van der Waals surface area (Å²) in [6.45, 7) is 3.59. The summed E-state index contributed by atoms with van der Waals surface area (Å²) >= 11 is 2.16. The third-order valence-electron chi connectivity index (χ3n) is 2.50. The first-order chi connectivity index (χ1) is 8.78. The van der Waals surface area contributed by atoms with Crippen molar-refractivity contribution in [3.8, 4) is 0 Å². The maximum Gasteiger partial charge on any atom is 0.319 e. The number of carbonyl (C=O) groups is 2. The molecule has 19 heavy (non-hydrogen) atoms. The Morgan fingerprint density at radius 1 is 1.37 bits per heavy atom. The number of amides is 2. The molecule has 1 aromatic carbocycles. The summed E-state index contributed by atoms with van der Waals surface area (Å²) in [7, 11) is 0. The molecule has 0 saturated heterocycles. The molecule has 0 bridgehead atoms. The van der Waals surface area contributed by atoms with Gasteiger partial charge in [-0.25, -0.2) is 4.79 Å². The van der Waals surface area contributed by atoms with Crippen molar-refractivity contribution < 1.29 is 14.7 Å². The monoisotopic (exact) mass is 376 g/mol. The van der Waals surface area contributed by atoms with Crippen molar-refractivity contribution in [2.45, 2.75) is 32.2 Å². The van der Waals surface area contributed by atoms with E-state index in [9.17, 15) is 9.59 Å². The minimum absolute atomic E-state index is 0.0243. The predicted octanol–water partition coefficient (Wildman–Crippen LogP) is 3.06. The third-order valence-corrected chi connectivity index (χ3v) is 3.17. The van der Waals surface area contributed by atoms with Crippen LogP contribution in [0.3, 0.4) is 0 Å². The molecule has 104 valence electrons. The minimum Gasteiger partial charge on any atom is -0.481 e. The second kappa shape index (κ2) is 6.74. The van der Waals surface area contributed by atoms with Gasteiger partial charge in [0.05, 0.1) is 0 Å². The standard InChI is InChI=1S/C13H17IN2O3/c1-13(2,7-6-11(17)18)16-12(19)15-10-5-3-4-9(14)8-10/h3-5,8H,6-7H2,1-2H3,(H,17,18)(H2,15,16,19). The lowest BCUT2D eigenvalue weighted by Crippen LogP contribution is -2.45. The number of carbonyl (C=O) groups excluding carboxylic acids is 1. The minimum atomic E-state index is -0.868. The first-order valence-electron chi connectivity index (χ1n) is 5.85. The summed E-state index contributed by atoms with van der Waals surface area (Å²) in [6, 6.07) is 7.10. The quantitative estimate of drug-likeness (QED) is 0.692. The van der Waals surface area contributed by atoms with E-state index in [0.29, 0.717) is 12.1 Å². The highest BCUT2D eigenvalue weighted by Gasteiger charge is 2.21. The van der Waals surface area contributed by atoms with Gasteiger partial charge in [-0.05, 0) is 61.1 Å². The van der Waals surface area contributed by atoms with Gasteiger partial charge in [-0.3, -0.25) is 4.79 Å². The van der Waals surface area contributed by atoms with Crippen LogP contribution in [0.5, 0.6) is 0 Å². The highest BCUT2D eigenvalue weighted by Crippen LogP contribution is 2.14. The summed E-state index contributed by atoms with van der Waals surface area (Å²) in [5.41, 5.74) is 0.142. The van der Waals surface area contributed by atoms with Gasteiger partial charge in [0, 0.05) is 21.2 Å². The predicted molar refractivity (Wildman–Crippen MR) is 82.3 cm³/mol. The maximum atomic E-state index is 11.8. The molecular weight excluding hydrogens is 359 g/mol. The number of aliphatic carboxylic acids is 1. The first-order valence-corrected chi connectivity index (χ1v) is 6.93. The molecule has 0 saturated carbocycles. The van der Waals surface area contributed by atoms with Gasteiger partial charge in [0.25, 0.3) is 0 Å². The fourth-order valence-corrected chi connectivity index (χ4v) is 2.06. The number of rotatable bonds is 5. The van der Waals surface area contributed by atoms with Crippen molar-refractivity contribution in [3.05, 3.63) is 27.8 Å². The molecule has 0 atom stereocenters. The Morgan fingerprint density at radius 2 is 2.05 bits per heavy atom. The van der Waals surface area contributed by atoms with Crippen LogP contribution in [0.15, 0.2) is 24.3 Å². The van der Waals surface area contributed by atoms with E-state index in [0.717, 1.165) is 3.57 Å². The second-order valence-electron chi connectivity index (χ2n) is 4.87. The molecule has 1 aromatic rings. The maximum absolute atomic E-state index is 11.8. The van der Waals surface area contributed by atoms with Crippen LogP contribution in [-0.4, -0.2) is 22.6 Å². The molecule has 6 heteroatoms. The molecule has 0 spiro atoms. The smallest absolute Gasteiger partial charge is 0.319 e. The van der Waals surface area contributed by atoms with E-state index in [1.807, 2.05) is 18.2 Å². The van der Waals surface area contributed by atoms with Gasteiger partial charge >= 0.3 is 12.0 Å². The van der Waals surface area contributed by atoms with Gasteiger partial charge in [0.2, 0.25) is 0 Å². The van der Waals surface area contributed by atoms with Crippen LogP contribution in [0.2, 0.25) is 0 Å². The van der Waals surface area contributed by atoms with Gasteiger partial charge in [0.15, 0.2) is 0 Å². The van der Waals surface area contributed by atoms with Crippen molar-refractivity contribution in [1.82, 2.24) is 5.32 Å². The van der Waals surface area contributed by atoms with Gasteiger partial charge in [-0.15, -0.1) is 0 Å². The molecule has 0 fully saturated rings. The zero-order valence-corrected chi connectivity index (χ0v) is 13.0. The number of hydrogen-bond donors (Lipinski definition) is 3. The third kappa shape index (κ3) is 6.42. The average Bonchev–Trinajstić information content (AvgIpc) is 2.25. The zero-order valence-electron chi connectivity index (χ0n) is 10.9. The van der Waals surface area contributed by atoms with Gasteiger partial charge < -0.3 is 15.7 Å². The Hall–Kier alpha value is -1.31. The van der Waals surface area contributed by atoms with E-state index in [1.54, 1.807) is 19.9 Å². The molecule has 0 radical (unpaired) electrons. The molecule has 0 aromatic heterocycles. The molecule has 2 amide bonds. The van der Waals surface area contributed by atoms with Crippen molar-refractivity contribution in [1.29, 1.82) is 0 Å². The highest BCUT2D eigenvalue weighted by molar-refractivity contribution is 14.1. The van der Waals surface area contributed by atoms with E-state index >= 15 is 0 Å². The van der Waals surface area contributed by atoms with Crippen molar-refractivity contribution in [2.24, 2.45) is 0 Å². The Kier molecular flexibility index (Phi) is 5.59. The Bertz CT molecular complexity index is 475. The number of carboxylic acid groups (broad SMARTS) is 1. The van der Waals surface area contributed by atoms with E-state index in [-0.39, 0.29) is 12.5 Å². The first kappa shape index (κ1) is 15.7. The number of benzene rings is 1. The van der Waals surface area contributed by atoms with Crippen LogP contribution < -0.4 is 10.6 Å². The summed E-state index contributed by atoms with van der Waals surface area (Å²) in [6.07, 6.45) is 0.401. The average molecular weight is 376 g/mol. The number of halogens is 1. The fourth-order valence-electron chi connectivity index (χ4n) is 1.52. The van der Waals surface area contributed by atoms with Crippen LogP contribution in [0.25, 0.3) is 0 Å². The lowest BCUT2D eigenvalue weighted by Gasteiger charge is -2.25. The lowest BCUT2D eigenvalue weighted by atomic mass is 9.99. The van der Waals surface area contributed by atoms with Crippen LogP contribution in [0.1, 0.15) is 26.7 Å². The van der Waals surface area contributed by atoms with Crippen LogP contribution in [0, 0.1) is 3.57 Å². The molecule has 1 rings (SSSR count). The summed E-state index contributed by atoms with van der Waals surface area (Å²) in [5.74, 6) is -0.868. The Balaban J connectivity index is 2.52. The van der Waals surface area contributed by atoms with Gasteiger partial charge in [-0.1, -0.05) is 6.07 Å². The largest absolute Gasteiger partial charge is 0.481 e. The van der Waals surface area contributed by atoms with Crippen molar-refractivity contribution in [3.63, 3.8) is 0 Å². The topological polar surface area (TPSA) is 78.4 Å². The molecular formula is C13H17IN2O3. The molecule has 0 aliphatic heterocycles. The molecule has 5 nitrogen and oxygen atoms in total. The van der Waals surface area contributed by atoms with Crippen molar-refractivity contribution in [2.75, 3.05) is 5.32 Å². The SMILES string of the molecule is CC(C)(CCC(=O)O)NC(=O)Nc1cccc(I)c1. The molecule has 0 unspecified atom stereocenters. The van der Waals surface area contributed by atoms with E-state index in [4.69, 9.17) is 5.11 Å². The van der Waals surface area contributed by atoms with Gasteiger partial charge in [-0.2, -0.15) is 0 Å². The number of hydrogen-bond acceptors (Lipinski definition) is 2. The number of nitrogens with one attached hydrogen (secondary N) is 2. The summed E-state index contributed by atoms with van der Waals surface area (Å²) in [4.78, 5) is 22.3. The summed E-state index contributed by atoms with van der Waals surface area (Å²) < 4.78 is 1.03. The van der Waals surface area contributed by atoms with Crippen molar-refractivity contribution >= 4 is 40.3 Å². The van der Waals surface area contributed by atoms with Crippen LogP contribution in [-0.2, 0) is 4.79 Å². The van der Waals surface area contributed by atoms with Crippen LogP contribution in [0.4, 0.5) is 10.5 Å². The normalized spacial score (nSPS) is 10.9. The van der Waals surface area contributed by atoms with Gasteiger partial charge in [0.1, 0.15) is 0 Å². The lowest BCUT2D eigenvalue weighted by molar-refractivity contribution is -0.137. The van der Waals surface area contributed by atoms with Crippen LogP contribution >= 0.6 is 22.6 Å². The molecule has 0 heterocycles. The van der Waals surface area contributed by atoms with E-state index in [1.165, 1.54) is 0 Å². The van der Waals surface area contributed by atoms with E-state index < -0.39 is 11.5 Å². The Labute approximate surface area is 125 Å². The molecule has 0 aliphatic rings. The number of urea groups is 1. The summed E-state index contributed by atoms with van der Waals surface area (Å²) in [5, 5.41) is 14.1. The highest BCUT2D eigenvalue weighted by atomic mass is 127. The second-order valence-corrected chi connectivity index (χ2v) is 6.11. The zero-order chi connectivity index (χ0) is 14.5. The molecule has 0 aliphatic carbocycles. The number of anilines is 1. The Morgan fingerprint density at radius 3 is 2.63 bits per heavy atom.